The van der Waals surface area contributed by atoms with Crippen molar-refractivity contribution in [3.63, 3.8) is 0 Å². The first-order chi connectivity index (χ1) is 14.0. The lowest BCUT2D eigenvalue weighted by Gasteiger charge is -2.15. The van der Waals surface area contributed by atoms with Crippen LogP contribution < -0.4 is 10.1 Å². The molecule has 4 rings (SSSR count). The minimum Gasteiger partial charge on any atom is -0.497 e. The minimum absolute atomic E-state index is 0.0910. The zero-order valence-corrected chi connectivity index (χ0v) is 16.5. The number of carbonyl (C=O) groups is 1. The maximum absolute atomic E-state index is 13.1. The normalized spacial score (nSPS) is 12.1. The highest BCUT2D eigenvalue weighted by Crippen LogP contribution is 2.26. The average molecular weight is 390 g/mol. The first kappa shape index (κ1) is 18.7. The second-order valence-electron chi connectivity index (χ2n) is 6.89. The molecular formula is C21H22N6O2. The van der Waals surface area contributed by atoms with Crippen LogP contribution in [0.2, 0.25) is 0 Å². The first-order valence-corrected chi connectivity index (χ1v) is 9.30. The summed E-state index contributed by atoms with van der Waals surface area (Å²) < 4.78 is 8.69. The Morgan fingerprint density at radius 2 is 2.03 bits per heavy atom. The number of rotatable bonds is 6. The largest absolute Gasteiger partial charge is 0.497 e. The third-order valence-electron chi connectivity index (χ3n) is 4.73. The summed E-state index contributed by atoms with van der Waals surface area (Å²) in [6.45, 7) is 2.54. The van der Waals surface area contributed by atoms with E-state index in [1.807, 2.05) is 56.6 Å². The molecule has 1 unspecified atom stereocenters. The third-order valence-corrected chi connectivity index (χ3v) is 4.73. The molecule has 3 heterocycles. The molecule has 1 atom stereocenters. The zero-order valence-electron chi connectivity index (χ0n) is 16.5. The van der Waals surface area contributed by atoms with Crippen molar-refractivity contribution < 1.29 is 9.53 Å². The molecule has 29 heavy (non-hydrogen) atoms. The van der Waals surface area contributed by atoms with Gasteiger partial charge in [-0.3, -0.25) is 14.2 Å². The Labute approximate surface area is 168 Å². The quantitative estimate of drug-likeness (QED) is 0.547. The van der Waals surface area contributed by atoms with Crippen LogP contribution in [0.3, 0.4) is 0 Å². The molecule has 8 nitrogen and oxygen atoms in total. The molecule has 0 bridgehead atoms. The lowest BCUT2D eigenvalue weighted by molar-refractivity contribution is 0.0937. The second kappa shape index (κ2) is 7.75. The van der Waals surface area contributed by atoms with E-state index in [9.17, 15) is 4.79 Å². The lowest BCUT2D eigenvalue weighted by Crippen LogP contribution is -2.36. The van der Waals surface area contributed by atoms with Crippen molar-refractivity contribution in [1.82, 2.24) is 29.9 Å². The topological polar surface area (TPSA) is 86.9 Å². The fourth-order valence-electron chi connectivity index (χ4n) is 3.25. The predicted octanol–water partition coefficient (Wildman–Crippen LogP) is 2.66. The monoisotopic (exact) mass is 390 g/mol. The van der Waals surface area contributed by atoms with Gasteiger partial charge in [0.15, 0.2) is 5.65 Å². The van der Waals surface area contributed by atoms with Gasteiger partial charge >= 0.3 is 0 Å². The van der Waals surface area contributed by atoms with Gasteiger partial charge in [0.05, 0.1) is 36.5 Å². The Balaban J connectivity index is 1.67. The molecule has 0 saturated heterocycles. The number of aryl methyl sites for hydroxylation is 1. The zero-order chi connectivity index (χ0) is 20.4. The van der Waals surface area contributed by atoms with E-state index in [0.717, 1.165) is 11.3 Å². The highest BCUT2D eigenvalue weighted by Gasteiger charge is 2.18. The number of pyridine rings is 1. The van der Waals surface area contributed by atoms with Gasteiger partial charge in [0.2, 0.25) is 0 Å². The standard InChI is InChI=1S/C21H22N6O2/c1-14(13-27-10-4-9-22-27)24-21(28)17-11-19(15-5-7-16(29-3)8-6-15)25-20-18(17)12-23-26(20)2/h4-12,14H,13H2,1-3H3,(H,24,28). The van der Waals surface area contributed by atoms with E-state index in [1.54, 1.807) is 28.9 Å². The van der Waals surface area contributed by atoms with Crippen molar-refractivity contribution in [3.8, 4) is 17.0 Å². The predicted molar refractivity (Wildman–Crippen MR) is 110 cm³/mol. The summed E-state index contributed by atoms with van der Waals surface area (Å²) in [6, 6.07) is 11.2. The number of benzene rings is 1. The molecule has 148 valence electrons. The van der Waals surface area contributed by atoms with Gasteiger partial charge in [0.25, 0.3) is 5.91 Å². The number of amides is 1. The van der Waals surface area contributed by atoms with Gasteiger partial charge in [-0.1, -0.05) is 0 Å². The number of carbonyl (C=O) groups excluding carboxylic acids is 1. The Morgan fingerprint density at radius 1 is 1.24 bits per heavy atom. The Kier molecular flexibility index (Phi) is 4.99. The van der Waals surface area contributed by atoms with Crippen LogP contribution in [-0.2, 0) is 13.6 Å². The van der Waals surface area contributed by atoms with Crippen LogP contribution >= 0.6 is 0 Å². The molecule has 1 N–H and O–H groups in total. The third kappa shape index (κ3) is 3.82. The SMILES string of the molecule is COc1ccc(-c2cc(C(=O)NC(C)Cn3cccn3)c3cnn(C)c3n2)cc1. The van der Waals surface area contributed by atoms with Gasteiger partial charge in [0, 0.05) is 31.0 Å². The van der Waals surface area contributed by atoms with Crippen LogP contribution in [0, 0.1) is 0 Å². The van der Waals surface area contributed by atoms with Crippen molar-refractivity contribution in [2.24, 2.45) is 7.05 Å². The summed E-state index contributed by atoms with van der Waals surface area (Å²) in [7, 11) is 3.44. The molecule has 4 aromatic rings. The molecule has 0 spiro atoms. The van der Waals surface area contributed by atoms with E-state index in [2.05, 4.69) is 15.5 Å². The fraction of sp³-hybridized carbons (Fsp3) is 0.238. The molecule has 8 heteroatoms. The lowest BCUT2D eigenvalue weighted by atomic mass is 10.1. The van der Waals surface area contributed by atoms with Crippen molar-refractivity contribution in [2.75, 3.05) is 7.11 Å². The van der Waals surface area contributed by atoms with E-state index < -0.39 is 0 Å². The van der Waals surface area contributed by atoms with Gasteiger partial charge in [-0.15, -0.1) is 0 Å². The summed E-state index contributed by atoms with van der Waals surface area (Å²) in [5.74, 6) is 0.598. The number of methoxy groups -OCH3 is 1. The first-order valence-electron chi connectivity index (χ1n) is 9.30. The van der Waals surface area contributed by atoms with Gasteiger partial charge in [-0.2, -0.15) is 10.2 Å². The van der Waals surface area contributed by atoms with Crippen LogP contribution in [0.1, 0.15) is 17.3 Å². The van der Waals surface area contributed by atoms with E-state index in [1.165, 1.54) is 0 Å². The smallest absolute Gasteiger partial charge is 0.252 e. The number of nitrogens with zero attached hydrogens (tertiary/aromatic N) is 5. The molecule has 0 saturated carbocycles. The van der Waals surface area contributed by atoms with Crippen LogP contribution in [0.4, 0.5) is 0 Å². The average Bonchev–Trinajstić information content (AvgIpc) is 3.37. The highest BCUT2D eigenvalue weighted by molar-refractivity contribution is 6.06. The number of ether oxygens (including phenoxy) is 1. The van der Waals surface area contributed by atoms with Gasteiger partial charge in [-0.25, -0.2) is 4.98 Å². The molecule has 0 radical (unpaired) electrons. The highest BCUT2D eigenvalue weighted by atomic mass is 16.5. The molecule has 0 aliphatic heterocycles. The Morgan fingerprint density at radius 3 is 2.72 bits per heavy atom. The molecule has 3 aromatic heterocycles. The number of hydrogen-bond donors (Lipinski definition) is 1. The van der Waals surface area contributed by atoms with Crippen LogP contribution in [-0.4, -0.2) is 43.6 Å². The molecule has 0 aliphatic carbocycles. The summed E-state index contributed by atoms with van der Waals surface area (Å²) in [6.07, 6.45) is 5.27. The van der Waals surface area contributed by atoms with E-state index in [4.69, 9.17) is 9.72 Å². The van der Waals surface area contributed by atoms with E-state index in [0.29, 0.717) is 28.8 Å². The second-order valence-corrected chi connectivity index (χ2v) is 6.89. The van der Waals surface area contributed by atoms with Gasteiger partial charge in [-0.05, 0) is 43.3 Å². The van der Waals surface area contributed by atoms with Gasteiger partial charge in [0.1, 0.15) is 5.75 Å². The number of nitrogens with one attached hydrogen (secondary N) is 1. The van der Waals surface area contributed by atoms with Crippen LogP contribution in [0.25, 0.3) is 22.3 Å². The van der Waals surface area contributed by atoms with Crippen molar-refractivity contribution in [3.05, 3.63) is 60.6 Å². The summed E-state index contributed by atoms with van der Waals surface area (Å²) in [5.41, 5.74) is 2.80. The van der Waals surface area contributed by atoms with Crippen molar-refractivity contribution in [2.45, 2.75) is 19.5 Å². The molecule has 0 aliphatic rings. The maximum atomic E-state index is 13.1. The number of fused-ring (bicyclic) bond motifs is 1. The number of aromatic nitrogens is 5. The molecule has 0 fully saturated rings. The fourth-order valence-corrected chi connectivity index (χ4v) is 3.25. The van der Waals surface area contributed by atoms with Crippen LogP contribution in [0.5, 0.6) is 5.75 Å². The van der Waals surface area contributed by atoms with Crippen molar-refractivity contribution in [1.29, 1.82) is 0 Å². The molecule has 1 aromatic carbocycles. The summed E-state index contributed by atoms with van der Waals surface area (Å²) >= 11 is 0. The Hall–Kier alpha value is -3.68. The van der Waals surface area contributed by atoms with E-state index >= 15 is 0 Å². The molecular weight excluding hydrogens is 368 g/mol. The Bertz CT molecular complexity index is 1130. The summed E-state index contributed by atoms with van der Waals surface area (Å²) in [4.78, 5) is 17.8. The minimum atomic E-state index is -0.167. The maximum Gasteiger partial charge on any atom is 0.252 e. The number of hydrogen-bond acceptors (Lipinski definition) is 5. The van der Waals surface area contributed by atoms with Crippen molar-refractivity contribution >= 4 is 16.9 Å². The van der Waals surface area contributed by atoms with Crippen LogP contribution in [0.15, 0.2) is 55.0 Å². The van der Waals surface area contributed by atoms with E-state index in [-0.39, 0.29) is 11.9 Å². The molecule has 1 amide bonds. The summed E-state index contributed by atoms with van der Waals surface area (Å²) in [5, 5.41) is 12.2. The van der Waals surface area contributed by atoms with Gasteiger partial charge < -0.3 is 10.1 Å².